The number of carbonyl (C=O) groups is 6. The maximum atomic E-state index is 13.8. The number of rotatable bonds is 9. The number of pyridine rings is 1. The van der Waals surface area contributed by atoms with E-state index in [0.717, 1.165) is 45.3 Å². The van der Waals surface area contributed by atoms with Gasteiger partial charge in [0.1, 0.15) is 77.0 Å². The smallest absolute Gasteiger partial charge is 0.275 e. The molecule has 26 heteroatoms. The van der Waals surface area contributed by atoms with Gasteiger partial charge in [-0.05, 0) is 52.7 Å². The van der Waals surface area contributed by atoms with Crippen molar-refractivity contribution in [2.45, 2.75) is 84.9 Å². The van der Waals surface area contributed by atoms with Gasteiger partial charge in [-0.25, -0.2) is 29.9 Å². The number of thiazole rings is 5. The number of nitrogens with one attached hydrogen (secondary N) is 6. The van der Waals surface area contributed by atoms with E-state index < -0.39 is 71.9 Å². The lowest BCUT2D eigenvalue weighted by Gasteiger charge is -2.21. The molecule has 0 aliphatic carbocycles. The molecule has 8 bridgehead atoms. The van der Waals surface area contributed by atoms with E-state index in [1.54, 1.807) is 42.8 Å². The SMILES string of the molecule is C/C=C1\NC(=O)C(C(C)O)NC(=O)c2csc(n2)-c2ccc(-c3nc(C(=O)N/C(=C/C)C(=O)NCC(C)O)cs3)nc2-c2csc(n2)C(C(C)O)NC(=O)c2csc(n2)C(C(C)C)NC(=O)c2csc1n2. The number of hydrogen-bond acceptors (Lipinski definition) is 20. The standard InChI is InChI=1S/C45H48N12O9S5/c1-8-23(35(61)46-12-19(5)58)48-36(62)27-15-69-43(53-27)25-11-10-22-34(47-25)26-13-70-45(50-26)33(21(7)60)57-39(65)30-17-71-44(54-30)31(18(3)4)55-37(63)29-16-68-42(52-29)24(9-2)49-40(66)32(20(6)59)56-38(64)28-14-67-41(22)51-28/h8-11,13-21,31-33,58-60H,12H2,1-7H3,(H,46,61)(H,48,62)(H,49,66)(H,55,63)(H,56,64)(H,57,65)/b23-8+,24-9-. The number of allylic oxidation sites excluding steroid dienone is 2. The molecule has 0 saturated carbocycles. The molecule has 1 aliphatic rings. The zero-order valence-electron chi connectivity index (χ0n) is 39.0. The summed E-state index contributed by atoms with van der Waals surface area (Å²) in [7, 11) is 0. The van der Waals surface area contributed by atoms with Crippen LogP contribution in [0.15, 0.2) is 56.9 Å². The maximum absolute atomic E-state index is 13.8. The van der Waals surface area contributed by atoms with E-state index in [2.05, 4.69) is 51.8 Å². The summed E-state index contributed by atoms with van der Waals surface area (Å²) in [5, 5.41) is 57.0. The minimum absolute atomic E-state index is 0.00878. The van der Waals surface area contributed by atoms with Crippen LogP contribution in [0.5, 0.6) is 0 Å². The molecule has 6 aromatic rings. The Kier molecular flexibility index (Phi) is 16.7. The van der Waals surface area contributed by atoms with Crippen molar-refractivity contribution in [2.24, 2.45) is 5.92 Å². The molecule has 372 valence electrons. The van der Waals surface area contributed by atoms with Gasteiger partial charge in [-0.2, -0.15) is 0 Å². The van der Waals surface area contributed by atoms with Gasteiger partial charge in [-0.3, -0.25) is 28.8 Å². The van der Waals surface area contributed by atoms with Crippen LogP contribution in [0.1, 0.15) is 118 Å². The van der Waals surface area contributed by atoms with Crippen LogP contribution in [0.3, 0.4) is 0 Å². The van der Waals surface area contributed by atoms with E-state index in [-0.39, 0.29) is 57.3 Å². The second-order valence-electron chi connectivity index (χ2n) is 16.3. The summed E-state index contributed by atoms with van der Waals surface area (Å²) in [5.74, 6) is -4.10. The van der Waals surface area contributed by atoms with Crippen molar-refractivity contribution in [3.05, 3.63) is 94.7 Å². The van der Waals surface area contributed by atoms with Gasteiger partial charge in [0.2, 0.25) is 5.91 Å². The highest BCUT2D eigenvalue weighted by atomic mass is 32.1. The van der Waals surface area contributed by atoms with Crippen molar-refractivity contribution in [1.82, 2.24) is 61.8 Å². The van der Waals surface area contributed by atoms with Crippen LogP contribution in [0.2, 0.25) is 0 Å². The lowest BCUT2D eigenvalue weighted by atomic mass is 10.1. The Morgan fingerprint density at radius 2 is 1.20 bits per heavy atom. The Morgan fingerprint density at radius 3 is 1.82 bits per heavy atom. The third kappa shape index (κ3) is 12.2. The van der Waals surface area contributed by atoms with Crippen molar-refractivity contribution < 1.29 is 44.1 Å². The number of hydrogen-bond donors (Lipinski definition) is 9. The third-order valence-corrected chi connectivity index (χ3v) is 15.0. The highest BCUT2D eigenvalue weighted by Crippen LogP contribution is 2.37. The zero-order chi connectivity index (χ0) is 51.3. The number of aliphatic hydroxyl groups is 3. The van der Waals surface area contributed by atoms with Gasteiger partial charge in [-0.15, -0.1) is 56.7 Å². The number of aromatic nitrogens is 6. The fraction of sp³-hybridized carbons (Fsp3) is 0.333. The fourth-order valence-corrected chi connectivity index (χ4v) is 11.1. The summed E-state index contributed by atoms with van der Waals surface area (Å²) in [4.78, 5) is 109. The zero-order valence-corrected chi connectivity index (χ0v) is 43.0. The highest BCUT2D eigenvalue weighted by molar-refractivity contribution is 7.14. The number of fused-ring (bicyclic) bond motifs is 11. The predicted molar refractivity (Wildman–Crippen MR) is 269 cm³/mol. The molecule has 6 atom stereocenters. The second kappa shape index (κ2) is 22.7. The summed E-state index contributed by atoms with van der Waals surface area (Å²) in [6, 6.07) is 0.222. The molecule has 0 saturated heterocycles. The molecule has 0 radical (unpaired) electrons. The first kappa shape index (κ1) is 52.3. The molecular formula is C45H48N12O9S5. The van der Waals surface area contributed by atoms with Crippen LogP contribution >= 0.6 is 56.7 Å². The largest absolute Gasteiger partial charge is 0.392 e. The maximum Gasteiger partial charge on any atom is 0.275 e. The first-order valence-corrected chi connectivity index (χ1v) is 26.2. The van der Waals surface area contributed by atoms with Crippen LogP contribution in [-0.4, -0.2) is 112 Å². The van der Waals surface area contributed by atoms with E-state index >= 15 is 0 Å². The molecule has 1 aliphatic heterocycles. The Labute approximate surface area is 426 Å². The summed E-state index contributed by atoms with van der Waals surface area (Å²) >= 11 is 5.60. The van der Waals surface area contributed by atoms with Gasteiger partial charge in [0.25, 0.3) is 29.5 Å². The summed E-state index contributed by atoms with van der Waals surface area (Å²) < 4.78 is 0. The normalized spacial score (nSPS) is 18.9. The Hall–Kier alpha value is -6.52. The van der Waals surface area contributed by atoms with Crippen molar-refractivity contribution in [3.63, 3.8) is 0 Å². The third-order valence-electron chi connectivity index (χ3n) is 10.5. The lowest BCUT2D eigenvalue weighted by molar-refractivity contribution is -0.124. The quantitative estimate of drug-likeness (QED) is 0.0904. The van der Waals surface area contributed by atoms with Gasteiger partial charge in [0.15, 0.2) is 0 Å². The Morgan fingerprint density at radius 1 is 0.648 bits per heavy atom. The first-order valence-electron chi connectivity index (χ1n) is 21.8. The molecule has 6 aromatic heterocycles. The Bertz CT molecular complexity index is 3040. The molecule has 21 nitrogen and oxygen atoms in total. The number of nitrogens with zero attached hydrogens (tertiary/aromatic N) is 6. The van der Waals surface area contributed by atoms with Crippen molar-refractivity contribution in [1.29, 1.82) is 0 Å². The monoisotopic (exact) mass is 1060 g/mol. The van der Waals surface area contributed by atoms with Gasteiger partial charge in [0, 0.05) is 39.0 Å². The predicted octanol–water partition coefficient (Wildman–Crippen LogP) is 4.44. The lowest BCUT2D eigenvalue weighted by Crippen LogP contribution is -2.52. The molecule has 7 heterocycles. The molecule has 0 fully saturated rings. The summed E-state index contributed by atoms with van der Waals surface area (Å²) in [6.45, 7) is 11.3. The minimum Gasteiger partial charge on any atom is -0.392 e. The molecule has 71 heavy (non-hydrogen) atoms. The van der Waals surface area contributed by atoms with E-state index in [1.165, 1.54) is 54.3 Å². The van der Waals surface area contributed by atoms with Crippen molar-refractivity contribution >= 4 is 97.8 Å². The number of amides is 6. The Balaban J connectivity index is 1.28. The molecular weight excluding hydrogens is 1010 g/mol. The van der Waals surface area contributed by atoms with Crippen LogP contribution in [0.25, 0.3) is 38.4 Å². The minimum atomic E-state index is -1.45. The van der Waals surface area contributed by atoms with Crippen LogP contribution in [0.4, 0.5) is 0 Å². The molecule has 7 rings (SSSR count). The van der Waals surface area contributed by atoms with Gasteiger partial charge in [0.05, 0.1) is 35.7 Å². The summed E-state index contributed by atoms with van der Waals surface area (Å²) in [5.41, 5.74) is 1.48. The van der Waals surface area contributed by atoms with Crippen LogP contribution in [-0.2, 0) is 9.59 Å². The fourth-order valence-electron chi connectivity index (χ4n) is 6.71. The van der Waals surface area contributed by atoms with Gasteiger partial charge in [-0.1, -0.05) is 26.0 Å². The van der Waals surface area contributed by atoms with E-state index in [9.17, 15) is 44.1 Å². The van der Waals surface area contributed by atoms with Gasteiger partial charge >= 0.3 is 0 Å². The van der Waals surface area contributed by atoms with Crippen molar-refractivity contribution in [3.8, 4) is 32.7 Å². The number of aliphatic hydroxyl groups excluding tert-OH is 3. The molecule has 6 unspecified atom stereocenters. The summed E-state index contributed by atoms with van der Waals surface area (Å²) in [6.07, 6.45) is -0.318. The topological polar surface area (TPSA) is 313 Å². The van der Waals surface area contributed by atoms with Crippen LogP contribution in [0, 0.1) is 5.92 Å². The average Bonchev–Trinajstić information content (AvgIpc) is 4.21. The molecule has 6 amide bonds. The number of carbonyl (C=O) groups excluding carboxylic acids is 6. The van der Waals surface area contributed by atoms with E-state index in [4.69, 9.17) is 9.97 Å². The molecule has 0 aromatic carbocycles. The van der Waals surface area contributed by atoms with E-state index in [0.29, 0.717) is 37.0 Å². The van der Waals surface area contributed by atoms with Crippen LogP contribution < -0.4 is 31.9 Å². The highest BCUT2D eigenvalue weighted by Gasteiger charge is 2.32. The molecule has 9 N–H and O–H groups in total. The first-order chi connectivity index (χ1) is 33.8. The molecule has 0 spiro atoms. The van der Waals surface area contributed by atoms with E-state index in [1.807, 2.05) is 13.8 Å². The second-order valence-corrected chi connectivity index (χ2v) is 20.7. The average molecular weight is 1060 g/mol. The van der Waals surface area contributed by atoms with Crippen molar-refractivity contribution in [2.75, 3.05) is 6.54 Å². The van der Waals surface area contributed by atoms with Gasteiger partial charge < -0.3 is 47.2 Å².